The fraction of sp³-hybridized carbons (Fsp3) is 1.00. The van der Waals surface area contributed by atoms with Crippen molar-refractivity contribution in [1.29, 1.82) is 0 Å². The number of hydrogen-bond donors (Lipinski definition) is 1. The number of hydrogen-bond acceptors (Lipinski definition) is 1. The summed E-state index contributed by atoms with van der Waals surface area (Å²) in [6, 6.07) is 0.492. The summed E-state index contributed by atoms with van der Waals surface area (Å²) in [6.45, 7) is 5.24. The molecule has 0 saturated heterocycles. The van der Waals surface area contributed by atoms with Gasteiger partial charge in [-0.1, -0.05) is 20.3 Å². The van der Waals surface area contributed by atoms with Crippen molar-refractivity contribution in [2.75, 3.05) is 0 Å². The third kappa shape index (κ3) is 1.77. The molecule has 0 heterocycles. The van der Waals surface area contributed by atoms with Crippen LogP contribution in [0.4, 0.5) is 0 Å². The second-order valence-electron chi connectivity index (χ2n) is 9.28. The molecule has 4 rings (SSSR count). The van der Waals surface area contributed by atoms with Crippen LogP contribution in [0.1, 0.15) is 78.1 Å². The molecule has 2 N–H and O–H groups in total. The molecule has 0 aromatic heterocycles. The summed E-state index contributed by atoms with van der Waals surface area (Å²) in [5, 5.41) is 0. The van der Waals surface area contributed by atoms with E-state index in [4.69, 9.17) is 5.73 Å². The summed E-state index contributed by atoms with van der Waals surface area (Å²) < 4.78 is 0. The average molecular weight is 275 g/mol. The van der Waals surface area contributed by atoms with Crippen LogP contribution in [-0.2, 0) is 0 Å². The van der Waals surface area contributed by atoms with Gasteiger partial charge in [-0.3, -0.25) is 0 Å². The van der Waals surface area contributed by atoms with Gasteiger partial charge >= 0.3 is 0 Å². The monoisotopic (exact) mass is 275 g/mol. The maximum Gasteiger partial charge on any atom is 0.00443 e. The Morgan fingerprint density at radius 3 is 2.50 bits per heavy atom. The lowest BCUT2D eigenvalue weighted by Crippen LogP contribution is -2.54. The topological polar surface area (TPSA) is 26.0 Å². The molecule has 20 heavy (non-hydrogen) atoms. The SMILES string of the molecule is C[C@@]12CCC[C@H]1C1CC[C@H]3CCC(N)C[C@]3(C)[C@H]1CC2. The quantitative estimate of drug-likeness (QED) is 0.678. The Labute approximate surface area is 125 Å². The third-order valence-corrected chi connectivity index (χ3v) is 8.43. The van der Waals surface area contributed by atoms with Gasteiger partial charge < -0.3 is 5.73 Å². The molecule has 0 aromatic rings. The van der Waals surface area contributed by atoms with Gasteiger partial charge in [0.15, 0.2) is 0 Å². The molecule has 2 unspecified atom stereocenters. The van der Waals surface area contributed by atoms with Crippen LogP contribution in [0, 0.1) is 34.5 Å². The van der Waals surface area contributed by atoms with Gasteiger partial charge in [-0.25, -0.2) is 0 Å². The molecule has 4 fully saturated rings. The van der Waals surface area contributed by atoms with Gasteiger partial charge in [-0.15, -0.1) is 0 Å². The van der Waals surface area contributed by atoms with Crippen LogP contribution < -0.4 is 5.73 Å². The molecule has 0 spiro atoms. The largest absolute Gasteiger partial charge is 0.328 e. The first-order valence-corrected chi connectivity index (χ1v) is 9.28. The van der Waals surface area contributed by atoms with Crippen molar-refractivity contribution >= 4 is 0 Å². The molecule has 0 aromatic carbocycles. The Morgan fingerprint density at radius 1 is 0.850 bits per heavy atom. The van der Waals surface area contributed by atoms with Crippen LogP contribution in [0.3, 0.4) is 0 Å². The third-order valence-electron chi connectivity index (χ3n) is 8.43. The lowest BCUT2D eigenvalue weighted by Gasteiger charge is -2.60. The highest BCUT2D eigenvalue weighted by Gasteiger charge is 2.57. The van der Waals surface area contributed by atoms with E-state index in [0.29, 0.717) is 16.9 Å². The van der Waals surface area contributed by atoms with Crippen molar-refractivity contribution in [1.82, 2.24) is 0 Å². The van der Waals surface area contributed by atoms with E-state index in [2.05, 4.69) is 13.8 Å². The summed E-state index contributed by atoms with van der Waals surface area (Å²) >= 11 is 0. The maximum absolute atomic E-state index is 6.38. The van der Waals surface area contributed by atoms with Crippen LogP contribution in [0.15, 0.2) is 0 Å². The second-order valence-corrected chi connectivity index (χ2v) is 9.28. The van der Waals surface area contributed by atoms with E-state index in [1.54, 1.807) is 6.42 Å². The molecule has 0 radical (unpaired) electrons. The zero-order chi connectivity index (χ0) is 14.0. The van der Waals surface area contributed by atoms with E-state index in [0.717, 1.165) is 23.7 Å². The highest BCUT2D eigenvalue weighted by Crippen LogP contribution is 2.65. The Morgan fingerprint density at radius 2 is 1.65 bits per heavy atom. The van der Waals surface area contributed by atoms with Gasteiger partial charge in [0.1, 0.15) is 0 Å². The highest BCUT2D eigenvalue weighted by molar-refractivity contribution is 5.07. The van der Waals surface area contributed by atoms with Crippen molar-refractivity contribution < 1.29 is 0 Å². The van der Waals surface area contributed by atoms with Crippen molar-refractivity contribution in [3.8, 4) is 0 Å². The van der Waals surface area contributed by atoms with E-state index in [1.165, 1.54) is 57.8 Å². The van der Waals surface area contributed by atoms with Gasteiger partial charge in [0.2, 0.25) is 0 Å². The predicted octanol–water partition coefficient (Wildman–Crippen LogP) is 4.75. The molecule has 1 nitrogen and oxygen atoms in total. The van der Waals surface area contributed by atoms with E-state index in [-0.39, 0.29) is 0 Å². The normalized spacial score (nSPS) is 58.6. The zero-order valence-corrected chi connectivity index (χ0v) is 13.5. The molecular formula is C19H33N. The first-order valence-electron chi connectivity index (χ1n) is 9.28. The Hall–Kier alpha value is -0.0400. The lowest BCUT2D eigenvalue weighted by atomic mass is 9.45. The van der Waals surface area contributed by atoms with Crippen LogP contribution in [0.5, 0.6) is 0 Å². The number of nitrogens with two attached hydrogens (primary N) is 1. The fourth-order valence-corrected chi connectivity index (χ4v) is 7.40. The minimum absolute atomic E-state index is 0.492. The molecular weight excluding hydrogens is 242 g/mol. The minimum Gasteiger partial charge on any atom is -0.328 e. The number of fused-ring (bicyclic) bond motifs is 5. The first kappa shape index (κ1) is 13.6. The summed E-state index contributed by atoms with van der Waals surface area (Å²) in [4.78, 5) is 0. The van der Waals surface area contributed by atoms with Crippen LogP contribution in [-0.4, -0.2) is 6.04 Å². The minimum atomic E-state index is 0.492. The molecule has 0 bridgehead atoms. The van der Waals surface area contributed by atoms with Crippen molar-refractivity contribution in [2.24, 2.45) is 40.2 Å². The molecule has 1 heteroatoms. The van der Waals surface area contributed by atoms with Crippen LogP contribution in [0.25, 0.3) is 0 Å². The summed E-state index contributed by atoms with van der Waals surface area (Å²) in [7, 11) is 0. The molecule has 4 saturated carbocycles. The molecule has 7 atom stereocenters. The average Bonchev–Trinajstić information content (AvgIpc) is 2.79. The fourth-order valence-electron chi connectivity index (χ4n) is 7.40. The lowest BCUT2D eigenvalue weighted by molar-refractivity contribution is -0.106. The highest BCUT2D eigenvalue weighted by atomic mass is 14.7. The summed E-state index contributed by atoms with van der Waals surface area (Å²) in [5.74, 6) is 4.10. The molecule has 114 valence electrons. The summed E-state index contributed by atoms with van der Waals surface area (Å²) in [6.07, 6.45) is 14.7. The first-order chi connectivity index (χ1) is 9.53. The van der Waals surface area contributed by atoms with E-state index in [9.17, 15) is 0 Å². The van der Waals surface area contributed by atoms with Crippen molar-refractivity contribution in [3.63, 3.8) is 0 Å². The standard InChI is InChI=1S/C19H33N/c1-18-10-3-4-16(18)15-8-6-13-5-7-14(20)12-19(13,2)17(15)9-11-18/h13-17H,3-12,20H2,1-2H3/t13-,14?,15?,16+,17+,18+,19+/m1/s1. The van der Waals surface area contributed by atoms with Gasteiger partial charge in [-0.2, -0.15) is 0 Å². The zero-order valence-electron chi connectivity index (χ0n) is 13.5. The Bertz CT molecular complexity index is 391. The van der Waals surface area contributed by atoms with Crippen molar-refractivity contribution in [3.05, 3.63) is 0 Å². The van der Waals surface area contributed by atoms with Crippen LogP contribution in [0.2, 0.25) is 0 Å². The predicted molar refractivity (Wildman–Crippen MR) is 84.3 cm³/mol. The van der Waals surface area contributed by atoms with Gasteiger partial charge in [0.05, 0.1) is 0 Å². The Balaban J connectivity index is 1.64. The number of rotatable bonds is 0. The van der Waals surface area contributed by atoms with Gasteiger partial charge in [0.25, 0.3) is 0 Å². The van der Waals surface area contributed by atoms with Gasteiger partial charge in [-0.05, 0) is 92.3 Å². The molecule has 4 aliphatic carbocycles. The smallest absolute Gasteiger partial charge is 0.00443 e. The summed E-state index contributed by atoms with van der Waals surface area (Å²) in [5.41, 5.74) is 7.68. The van der Waals surface area contributed by atoms with E-state index < -0.39 is 0 Å². The Kier molecular flexibility index (Phi) is 3.05. The second kappa shape index (κ2) is 4.48. The molecule has 4 aliphatic rings. The van der Waals surface area contributed by atoms with Crippen molar-refractivity contribution in [2.45, 2.75) is 84.1 Å². The molecule has 0 aliphatic heterocycles. The van der Waals surface area contributed by atoms with Gasteiger partial charge in [0, 0.05) is 6.04 Å². The maximum atomic E-state index is 6.38. The molecule has 0 amide bonds. The van der Waals surface area contributed by atoms with E-state index >= 15 is 0 Å². The van der Waals surface area contributed by atoms with Crippen LogP contribution >= 0.6 is 0 Å². The van der Waals surface area contributed by atoms with E-state index in [1.807, 2.05) is 0 Å².